The molecule has 2 rings (SSSR count). The Morgan fingerprint density at radius 2 is 2.21 bits per heavy atom. The van der Waals surface area contributed by atoms with Gasteiger partial charge in [0.15, 0.2) is 5.75 Å². The molecule has 0 spiro atoms. The van der Waals surface area contributed by atoms with E-state index in [1.165, 1.54) is 0 Å². The molecule has 1 aromatic carbocycles. The molecule has 0 aliphatic rings. The van der Waals surface area contributed by atoms with Crippen LogP contribution in [0.2, 0.25) is 0 Å². The second-order valence-corrected chi connectivity index (χ2v) is 4.53. The van der Waals surface area contributed by atoms with Gasteiger partial charge in [-0.25, -0.2) is 0 Å². The maximum Gasteiger partial charge on any atom is 0.294 e. The molecular weight excluding hydrogens is 244 g/mol. The van der Waals surface area contributed by atoms with Crippen molar-refractivity contribution in [2.75, 3.05) is 12.3 Å². The number of aromatic nitrogens is 1. The highest BCUT2D eigenvalue weighted by atomic mass is 16.5. The number of benzene rings is 1. The zero-order valence-electron chi connectivity index (χ0n) is 10.9. The molecule has 19 heavy (non-hydrogen) atoms. The van der Waals surface area contributed by atoms with Crippen LogP contribution in [0.1, 0.15) is 13.8 Å². The van der Waals surface area contributed by atoms with Gasteiger partial charge in [-0.3, -0.25) is 4.79 Å². The highest BCUT2D eigenvalue weighted by Crippen LogP contribution is 2.31. The molecule has 1 heterocycles. The molecule has 0 amide bonds. The number of hydrogen-bond donors (Lipinski definition) is 3. The largest absolute Gasteiger partial charge is 0.500 e. The molecule has 0 unspecified atom stereocenters. The van der Waals surface area contributed by atoms with Gasteiger partial charge >= 0.3 is 0 Å². The molecule has 0 radical (unpaired) electrons. The number of nitrogens with one attached hydrogen (secondary N) is 1. The third kappa shape index (κ3) is 2.70. The summed E-state index contributed by atoms with van der Waals surface area (Å²) in [6, 6.07) is 5.02. The van der Waals surface area contributed by atoms with Crippen molar-refractivity contribution in [3.05, 3.63) is 40.2 Å². The monoisotopic (exact) mass is 260 g/mol. The molecule has 100 valence electrons. The lowest BCUT2D eigenvalue weighted by Crippen LogP contribution is -2.08. The van der Waals surface area contributed by atoms with Crippen molar-refractivity contribution >= 4 is 16.6 Å². The van der Waals surface area contributed by atoms with E-state index in [1.54, 1.807) is 18.2 Å². The summed E-state index contributed by atoms with van der Waals surface area (Å²) in [5.41, 5.74) is 7.24. The Hall–Kier alpha value is -2.43. The number of anilines is 1. The molecule has 5 heteroatoms. The Balaban J connectivity index is 2.54. The first-order chi connectivity index (χ1) is 8.99. The van der Waals surface area contributed by atoms with Gasteiger partial charge in [0.1, 0.15) is 6.61 Å². The van der Waals surface area contributed by atoms with E-state index < -0.39 is 11.3 Å². The van der Waals surface area contributed by atoms with Gasteiger partial charge in [0.25, 0.3) is 5.56 Å². The number of nitrogen functional groups attached to an aromatic ring is 1. The average Bonchev–Trinajstić information content (AvgIpc) is 2.33. The number of nitrogens with two attached hydrogens (primary N) is 1. The summed E-state index contributed by atoms with van der Waals surface area (Å²) in [6.07, 6.45) is 1.86. The fourth-order valence-corrected chi connectivity index (χ4v) is 1.71. The van der Waals surface area contributed by atoms with Crippen LogP contribution < -0.4 is 16.0 Å². The van der Waals surface area contributed by atoms with E-state index in [2.05, 4.69) is 4.98 Å². The Morgan fingerprint density at radius 1 is 1.47 bits per heavy atom. The van der Waals surface area contributed by atoms with Crippen LogP contribution in [0.4, 0.5) is 5.69 Å². The predicted octanol–water partition coefficient (Wildman–Crippen LogP) is 2.16. The molecule has 4 N–H and O–H groups in total. The number of fused-ring (bicyclic) bond motifs is 1. The van der Waals surface area contributed by atoms with Gasteiger partial charge in [0.2, 0.25) is 5.75 Å². The highest BCUT2D eigenvalue weighted by Gasteiger charge is 2.12. The second kappa shape index (κ2) is 5.06. The third-order valence-electron chi connectivity index (χ3n) is 2.69. The lowest BCUT2D eigenvalue weighted by Gasteiger charge is -2.09. The van der Waals surface area contributed by atoms with Crippen molar-refractivity contribution in [3.63, 3.8) is 0 Å². The quantitative estimate of drug-likeness (QED) is 0.583. The van der Waals surface area contributed by atoms with Crippen LogP contribution in [0.3, 0.4) is 0 Å². The standard InChI is InChI=1S/C14H16N2O3/c1-8(2)5-6-19-13-10-4-3-9(15)7-11(10)16-14(18)12(13)17/h3-5,7,17H,6,15H2,1-2H3,(H,16,18). The average molecular weight is 260 g/mol. The maximum absolute atomic E-state index is 11.6. The van der Waals surface area contributed by atoms with Crippen LogP contribution in [0.15, 0.2) is 34.6 Å². The van der Waals surface area contributed by atoms with Gasteiger partial charge in [0, 0.05) is 11.1 Å². The minimum absolute atomic E-state index is 0.177. The van der Waals surface area contributed by atoms with E-state index in [4.69, 9.17) is 10.5 Å². The van der Waals surface area contributed by atoms with Crippen LogP contribution in [-0.2, 0) is 0 Å². The molecule has 5 nitrogen and oxygen atoms in total. The molecule has 0 saturated heterocycles. The van der Waals surface area contributed by atoms with E-state index >= 15 is 0 Å². The van der Waals surface area contributed by atoms with Crippen LogP contribution in [-0.4, -0.2) is 16.7 Å². The first-order valence-electron chi connectivity index (χ1n) is 5.89. The number of allylic oxidation sites excluding steroid dienone is 1. The zero-order chi connectivity index (χ0) is 14.0. The highest BCUT2D eigenvalue weighted by molar-refractivity contribution is 5.89. The number of pyridine rings is 1. The van der Waals surface area contributed by atoms with Crippen molar-refractivity contribution in [1.82, 2.24) is 4.98 Å². The summed E-state index contributed by atoms with van der Waals surface area (Å²) in [5, 5.41) is 10.4. The van der Waals surface area contributed by atoms with E-state index in [0.717, 1.165) is 5.57 Å². The zero-order valence-corrected chi connectivity index (χ0v) is 10.9. The molecule has 0 bridgehead atoms. The van der Waals surface area contributed by atoms with Crippen molar-refractivity contribution in [2.45, 2.75) is 13.8 Å². The summed E-state index contributed by atoms with van der Waals surface area (Å²) in [5.74, 6) is -0.240. The van der Waals surface area contributed by atoms with Crippen molar-refractivity contribution in [2.24, 2.45) is 0 Å². The lowest BCUT2D eigenvalue weighted by atomic mass is 10.2. The Morgan fingerprint density at radius 3 is 2.89 bits per heavy atom. The smallest absolute Gasteiger partial charge is 0.294 e. The van der Waals surface area contributed by atoms with E-state index in [0.29, 0.717) is 23.2 Å². The first-order valence-corrected chi connectivity index (χ1v) is 5.89. The molecule has 0 aliphatic carbocycles. The maximum atomic E-state index is 11.6. The van der Waals surface area contributed by atoms with Crippen LogP contribution >= 0.6 is 0 Å². The number of hydrogen-bond acceptors (Lipinski definition) is 4. The van der Waals surface area contributed by atoms with E-state index in [9.17, 15) is 9.90 Å². The van der Waals surface area contributed by atoms with Gasteiger partial charge in [-0.05, 0) is 38.1 Å². The topological polar surface area (TPSA) is 88.3 Å². The Kier molecular flexibility index (Phi) is 3.46. The number of ether oxygens (including phenoxy) is 1. The first kappa shape index (κ1) is 13.0. The summed E-state index contributed by atoms with van der Waals surface area (Å²) in [4.78, 5) is 14.2. The van der Waals surface area contributed by atoms with Gasteiger partial charge < -0.3 is 20.6 Å². The SMILES string of the molecule is CC(C)=CCOc1c(O)c(=O)[nH]c2cc(N)ccc12. The van der Waals surface area contributed by atoms with Crippen LogP contribution in [0.25, 0.3) is 10.9 Å². The van der Waals surface area contributed by atoms with Gasteiger partial charge in [-0.15, -0.1) is 0 Å². The molecular formula is C14H16N2O3. The molecule has 0 atom stereocenters. The fraction of sp³-hybridized carbons (Fsp3) is 0.214. The minimum atomic E-state index is -0.592. The third-order valence-corrected chi connectivity index (χ3v) is 2.69. The van der Waals surface area contributed by atoms with Crippen LogP contribution in [0.5, 0.6) is 11.5 Å². The van der Waals surface area contributed by atoms with Crippen molar-refractivity contribution in [3.8, 4) is 11.5 Å². The lowest BCUT2D eigenvalue weighted by molar-refractivity contribution is 0.337. The minimum Gasteiger partial charge on any atom is -0.500 e. The Labute approximate surface area is 110 Å². The van der Waals surface area contributed by atoms with Gasteiger partial charge in [0.05, 0.1) is 5.52 Å². The molecule has 0 aliphatic heterocycles. The summed E-state index contributed by atoms with van der Waals surface area (Å²) in [6.45, 7) is 4.18. The fourth-order valence-electron chi connectivity index (χ4n) is 1.71. The number of aromatic amines is 1. The number of aromatic hydroxyl groups is 1. The van der Waals surface area contributed by atoms with E-state index in [-0.39, 0.29) is 5.75 Å². The van der Waals surface area contributed by atoms with Crippen LogP contribution in [0, 0.1) is 0 Å². The molecule has 1 aromatic heterocycles. The normalized spacial score (nSPS) is 10.4. The van der Waals surface area contributed by atoms with Crippen molar-refractivity contribution < 1.29 is 9.84 Å². The summed E-state index contributed by atoms with van der Waals surface area (Å²) in [7, 11) is 0. The van der Waals surface area contributed by atoms with E-state index in [1.807, 2.05) is 19.9 Å². The molecule has 0 fully saturated rings. The molecule has 2 aromatic rings. The summed E-state index contributed by atoms with van der Waals surface area (Å²) >= 11 is 0. The number of H-pyrrole nitrogens is 1. The Bertz CT molecular complexity index is 698. The number of rotatable bonds is 3. The van der Waals surface area contributed by atoms with Gasteiger partial charge in [-0.1, -0.05) is 5.57 Å². The second-order valence-electron chi connectivity index (χ2n) is 4.53. The predicted molar refractivity (Wildman–Crippen MR) is 75.6 cm³/mol. The van der Waals surface area contributed by atoms with Gasteiger partial charge in [-0.2, -0.15) is 0 Å². The van der Waals surface area contributed by atoms with Crippen molar-refractivity contribution in [1.29, 1.82) is 0 Å². The summed E-state index contributed by atoms with van der Waals surface area (Å²) < 4.78 is 5.49. The molecule has 0 saturated carbocycles.